The van der Waals surface area contributed by atoms with Gasteiger partial charge < -0.3 is 4.84 Å². The summed E-state index contributed by atoms with van der Waals surface area (Å²) >= 11 is 0. The second-order valence-electron chi connectivity index (χ2n) is 5.34. The maximum Gasteiger partial charge on any atom is 0.416 e. The van der Waals surface area contributed by atoms with E-state index in [1.165, 1.54) is 24.3 Å². The van der Waals surface area contributed by atoms with Gasteiger partial charge in [-0.15, -0.1) is 0 Å². The van der Waals surface area contributed by atoms with Gasteiger partial charge in [-0.25, -0.2) is 9.18 Å². The van der Waals surface area contributed by atoms with Gasteiger partial charge in [0, 0.05) is 0 Å². The Morgan fingerprint density at radius 3 is 1.88 bits per heavy atom. The molecule has 0 N–H and O–H groups in total. The average Bonchev–Trinajstić information content (AvgIpc) is 2.86. The van der Waals surface area contributed by atoms with Crippen LogP contribution in [0.4, 0.5) is 17.6 Å². The first-order valence-corrected chi connectivity index (χ1v) is 7.21. The molecule has 0 bridgehead atoms. The molecule has 0 saturated heterocycles. The van der Waals surface area contributed by atoms with Crippen molar-refractivity contribution in [1.82, 2.24) is 5.06 Å². The van der Waals surface area contributed by atoms with Crippen molar-refractivity contribution in [3.8, 4) is 0 Å². The van der Waals surface area contributed by atoms with Gasteiger partial charge in [-0.1, -0.05) is 29.3 Å². The van der Waals surface area contributed by atoms with Crippen LogP contribution in [-0.2, 0) is 15.8 Å². The van der Waals surface area contributed by atoms with Crippen LogP contribution in [-0.4, -0.2) is 22.8 Å². The van der Waals surface area contributed by atoms with Crippen molar-refractivity contribution >= 4 is 17.8 Å². The Labute approximate surface area is 143 Å². The highest BCUT2D eigenvalue weighted by Gasteiger charge is 2.40. The summed E-state index contributed by atoms with van der Waals surface area (Å²) < 4.78 is 51.7. The van der Waals surface area contributed by atoms with Gasteiger partial charge in [0.1, 0.15) is 0 Å². The zero-order valence-electron chi connectivity index (χ0n) is 12.8. The molecule has 2 aromatic carbocycles. The van der Waals surface area contributed by atoms with Crippen LogP contribution < -0.4 is 0 Å². The Kier molecular flexibility index (Phi) is 4.23. The molecule has 1 unspecified atom stereocenters. The minimum absolute atomic E-state index is 0.00441. The van der Waals surface area contributed by atoms with Crippen molar-refractivity contribution in [2.75, 3.05) is 0 Å². The number of amides is 2. The number of nitrogens with zero attached hydrogens (tertiary/aromatic N) is 1. The molecule has 0 radical (unpaired) electrons. The fourth-order valence-electron chi connectivity index (χ4n) is 2.36. The van der Waals surface area contributed by atoms with E-state index in [1.807, 2.05) is 0 Å². The van der Waals surface area contributed by atoms with Gasteiger partial charge in [-0.05, 0) is 29.8 Å². The average molecular weight is 367 g/mol. The van der Waals surface area contributed by atoms with E-state index in [4.69, 9.17) is 0 Å². The number of carbonyl (C=O) groups is 3. The first-order chi connectivity index (χ1) is 12.2. The molecule has 0 aromatic heterocycles. The van der Waals surface area contributed by atoms with E-state index < -0.39 is 41.3 Å². The van der Waals surface area contributed by atoms with E-state index in [9.17, 15) is 31.9 Å². The van der Waals surface area contributed by atoms with Crippen molar-refractivity contribution in [2.45, 2.75) is 12.3 Å². The van der Waals surface area contributed by atoms with E-state index in [1.54, 1.807) is 0 Å². The minimum Gasteiger partial charge on any atom is -0.326 e. The van der Waals surface area contributed by atoms with E-state index in [2.05, 4.69) is 4.84 Å². The molecule has 0 saturated carbocycles. The van der Waals surface area contributed by atoms with Crippen molar-refractivity contribution in [2.24, 2.45) is 0 Å². The predicted octanol–water partition coefficient (Wildman–Crippen LogP) is 3.47. The molecule has 9 heteroatoms. The van der Waals surface area contributed by atoms with Crippen molar-refractivity contribution < 1.29 is 36.8 Å². The highest BCUT2D eigenvalue weighted by atomic mass is 19.4. The van der Waals surface area contributed by atoms with Crippen molar-refractivity contribution in [3.63, 3.8) is 0 Å². The molecule has 1 aliphatic heterocycles. The Hall–Kier alpha value is -3.23. The molecule has 3 rings (SSSR count). The zero-order chi connectivity index (χ0) is 19.1. The SMILES string of the molecule is O=C(ON1C(=O)c2ccccc2C1=O)C(F)c1ccc(C(F)(F)F)cc1. The molecule has 1 aliphatic rings. The predicted molar refractivity (Wildman–Crippen MR) is 78.3 cm³/mol. The van der Waals surface area contributed by atoms with Crippen LogP contribution in [0.1, 0.15) is 38.0 Å². The second kappa shape index (κ2) is 6.25. The number of carbonyl (C=O) groups excluding carboxylic acids is 3. The lowest BCUT2D eigenvalue weighted by Crippen LogP contribution is -2.34. The monoisotopic (exact) mass is 367 g/mol. The largest absolute Gasteiger partial charge is 0.416 e. The van der Waals surface area contributed by atoms with Crippen LogP contribution in [0.5, 0.6) is 0 Å². The molecule has 1 atom stereocenters. The smallest absolute Gasteiger partial charge is 0.326 e. The van der Waals surface area contributed by atoms with E-state index in [0.717, 1.165) is 12.1 Å². The fraction of sp³-hybridized carbons (Fsp3) is 0.118. The Balaban J connectivity index is 1.74. The summed E-state index contributed by atoms with van der Waals surface area (Å²) in [6, 6.07) is 8.44. The highest BCUT2D eigenvalue weighted by Crippen LogP contribution is 2.31. The third-order valence-electron chi connectivity index (χ3n) is 3.68. The van der Waals surface area contributed by atoms with E-state index >= 15 is 0 Å². The highest BCUT2D eigenvalue weighted by molar-refractivity contribution is 6.20. The van der Waals surface area contributed by atoms with Gasteiger partial charge in [-0.2, -0.15) is 13.2 Å². The number of hydrogen-bond donors (Lipinski definition) is 0. The molecule has 2 aromatic rings. The maximum atomic E-state index is 14.2. The lowest BCUT2D eigenvalue weighted by atomic mass is 10.1. The van der Waals surface area contributed by atoms with Gasteiger partial charge in [0.2, 0.25) is 6.17 Å². The van der Waals surface area contributed by atoms with Crippen LogP contribution in [0.25, 0.3) is 0 Å². The number of hydrogen-bond acceptors (Lipinski definition) is 4. The Bertz CT molecular complexity index is 857. The van der Waals surface area contributed by atoms with Crippen LogP contribution >= 0.6 is 0 Å². The quantitative estimate of drug-likeness (QED) is 0.616. The molecule has 0 aliphatic carbocycles. The summed E-state index contributed by atoms with van der Waals surface area (Å²) in [5, 5.41) is 0.129. The molecule has 1 heterocycles. The molecule has 2 amide bonds. The molecule has 26 heavy (non-hydrogen) atoms. The summed E-state index contributed by atoms with van der Waals surface area (Å²) in [5.74, 6) is -3.46. The van der Waals surface area contributed by atoms with Gasteiger partial charge in [0.25, 0.3) is 11.8 Å². The van der Waals surface area contributed by atoms with Crippen molar-refractivity contribution in [3.05, 3.63) is 70.8 Å². The normalized spacial score (nSPS) is 15.0. The van der Waals surface area contributed by atoms with E-state index in [-0.39, 0.29) is 16.2 Å². The molecule has 0 spiro atoms. The van der Waals surface area contributed by atoms with Crippen LogP contribution in [0.3, 0.4) is 0 Å². The third-order valence-corrected chi connectivity index (χ3v) is 3.68. The summed E-state index contributed by atoms with van der Waals surface area (Å²) in [6.45, 7) is 0. The summed E-state index contributed by atoms with van der Waals surface area (Å²) in [4.78, 5) is 40.5. The van der Waals surface area contributed by atoms with Crippen molar-refractivity contribution in [1.29, 1.82) is 0 Å². The molecular weight excluding hydrogens is 358 g/mol. The van der Waals surface area contributed by atoms with Gasteiger partial charge in [0.15, 0.2) is 0 Å². The molecule has 134 valence electrons. The minimum atomic E-state index is -4.61. The number of rotatable bonds is 3. The Morgan fingerprint density at radius 1 is 0.923 bits per heavy atom. The first-order valence-electron chi connectivity index (χ1n) is 7.21. The Morgan fingerprint density at radius 2 is 1.42 bits per heavy atom. The van der Waals surface area contributed by atoms with Gasteiger partial charge in [-0.3, -0.25) is 9.59 Å². The first kappa shape index (κ1) is 17.6. The topological polar surface area (TPSA) is 63.7 Å². The van der Waals surface area contributed by atoms with E-state index in [0.29, 0.717) is 12.1 Å². The molecular formula is C17H9F4NO4. The number of hydroxylamine groups is 2. The van der Waals surface area contributed by atoms with Crippen LogP contribution in [0.15, 0.2) is 48.5 Å². The number of benzene rings is 2. The summed E-state index contributed by atoms with van der Waals surface area (Å²) in [6.07, 6.45) is -7.08. The zero-order valence-corrected chi connectivity index (χ0v) is 12.8. The lowest BCUT2D eigenvalue weighted by molar-refractivity contribution is -0.175. The van der Waals surface area contributed by atoms with Crippen LogP contribution in [0, 0.1) is 0 Å². The molecule has 5 nitrogen and oxygen atoms in total. The number of halogens is 4. The summed E-state index contributed by atoms with van der Waals surface area (Å²) in [7, 11) is 0. The maximum absolute atomic E-state index is 14.2. The van der Waals surface area contributed by atoms with Gasteiger partial charge >= 0.3 is 12.1 Å². The standard InChI is InChI=1S/C17H9F4NO4/c18-13(9-5-7-10(8-6-9)17(19,20)21)16(25)26-22-14(23)11-3-1-2-4-12(11)15(22)24/h1-8,13H. The molecule has 0 fully saturated rings. The lowest BCUT2D eigenvalue weighted by Gasteiger charge is -2.15. The fourth-order valence-corrected chi connectivity index (χ4v) is 2.36. The van der Waals surface area contributed by atoms with Crippen LogP contribution in [0.2, 0.25) is 0 Å². The number of fused-ring (bicyclic) bond motifs is 1. The second-order valence-corrected chi connectivity index (χ2v) is 5.34. The number of alkyl halides is 4. The summed E-state index contributed by atoms with van der Waals surface area (Å²) in [5.41, 5.74) is -1.42. The number of imide groups is 1. The van der Waals surface area contributed by atoms with Gasteiger partial charge in [0.05, 0.1) is 16.7 Å². The third kappa shape index (κ3) is 3.03.